The van der Waals surface area contributed by atoms with Gasteiger partial charge in [0.1, 0.15) is 0 Å². The summed E-state index contributed by atoms with van der Waals surface area (Å²) in [5.41, 5.74) is 1.17. The number of halogens is 1. The molecule has 1 rings (SSSR count). The zero-order chi connectivity index (χ0) is 12.7. The lowest BCUT2D eigenvalue weighted by Gasteiger charge is -2.24. The lowest BCUT2D eigenvalue weighted by atomic mass is 10.3. The Hall–Kier alpha value is -0.190. The molecule has 1 atom stereocenters. The molecule has 0 saturated carbocycles. The Balaban J connectivity index is 2.30. The predicted molar refractivity (Wildman–Crippen MR) is 83.1 cm³/mol. The van der Waals surface area contributed by atoms with E-state index in [0.29, 0.717) is 6.04 Å². The molecule has 0 amide bonds. The van der Waals surface area contributed by atoms with Crippen molar-refractivity contribution in [3.8, 4) is 0 Å². The molecule has 1 aromatic carbocycles. The third-order valence-corrected chi connectivity index (χ3v) is 4.32. The van der Waals surface area contributed by atoms with E-state index in [1.165, 1.54) is 11.4 Å². The molecule has 1 unspecified atom stereocenters. The van der Waals surface area contributed by atoms with Gasteiger partial charge in [-0.05, 0) is 48.3 Å². The lowest BCUT2D eigenvalue weighted by molar-refractivity contribution is 0.288. The Morgan fingerprint density at radius 1 is 1.41 bits per heavy atom. The minimum atomic E-state index is 0.631. The van der Waals surface area contributed by atoms with Gasteiger partial charge in [0.2, 0.25) is 0 Å². The molecule has 96 valence electrons. The number of hydrogen-bond acceptors (Lipinski definition) is 3. The number of likely N-dealkylation sites (N-methyl/N-ethyl adjacent to an activating group) is 1. The zero-order valence-corrected chi connectivity index (χ0v) is 13.1. The maximum atomic E-state index is 3.54. The van der Waals surface area contributed by atoms with Crippen LogP contribution >= 0.6 is 27.7 Å². The van der Waals surface area contributed by atoms with E-state index in [4.69, 9.17) is 0 Å². The van der Waals surface area contributed by atoms with Gasteiger partial charge in [0.05, 0.1) is 0 Å². The number of nitrogens with zero attached hydrogens (tertiary/aromatic N) is 1. The average Bonchev–Trinajstić information content (AvgIpc) is 2.31. The van der Waals surface area contributed by atoms with Gasteiger partial charge in [-0.25, -0.2) is 0 Å². The lowest BCUT2D eigenvalue weighted by Crippen LogP contribution is -2.34. The number of nitrogens with one attached hydrogen (secondary N) is 1. The van der Waals surface area contributed by atoms with E-state index in [1.54, 1.807) is 0 Å². The van der Waals surface area contributed by atoms with Crippen LogP contribution in [-0.4, -0.2) is 43.1 Å². The first-order chi connectivity index (χ1) is 8.15. The Kier molecular flexibility index (Phi) is 7.00. The van der Waals surface area contributed by atoms with Crippen LogP contribution in [0.4, 0.5) is 5.69 Å². The van der Waals surface area contributed by atoms with Crippen LogP contribution in [-0.2, 0) is 0 Å². The van der Waals surface area contributed by atoms with Crippen LogP contribution in [0.1, 0.15) is 6.92 Å². The molecule has 0 heterocycles. The van der Waals surface area contributed by atoms with Crippen molar-refractivity contribution >= 4 is 33.4 Å². The highest BCUT2D eigenvalue weighted by Crippen LogP contribution is 2.20. The number of rotatable bonds is 7. The van der Waals surface area contributed by atoms with Crippen molar-refractivity contribution in [1.29, 1.82) is 0 Å². The molecular formula is C13H21BrN2S. The van der Waals surface area contributed by atoms with Crippen LogP contribution in [0, 0.1) is 0 Å². The predicted octanol–water partition coefficient (Wildman–Crippen LogP) is 3.54. The van der Waals surface area contributed by atoms with E-state index >= 15 is 0 Å². The van der Waals surface area contributed by atoms with Crippen molar-refractivity contribution in [3.63, 3.8) is 0 Å². The molecule has 0 aliphatic heterocycles. The second-order valence-corrected chi connectivity index (χ2v) is 5.96. The summed E-state index contributed by atoms with van der Waals surface area (Å²) in [6.07, 6.45) is 2.16. The van der Waals surface area contributed by atoms with Crippen LogP contribution in [0.3, 0.4) is 0 Å². The van der Waals surface area contributed by atoms with E-state index in [1.807, 2.05) is 23.9 Å². The van der Waals surface area contributed by atoms with Crippen LogP contribution < -0.4 is 5.32 Å². The topological polar surface area (TPSA) is 15.3 Å². The highest BCUT2D eigenvalue weighted by Gasteiger charge is 2.07. The number of anilines is 1. The summed E-state index contributed by atoms with van der Waals surface area (Å²) < 4.78 is 1.12. The fourth-order valence-corrected chi connectivity index (χ4v) is 2.72. The third kappa shape index (κ3) is 5.32. The monoisotopic (exact) mass is 316 g/mol. The van der Waals surface area contributed by atoms with E-state index in [0.717, 1.165) is 17.6 Å². The van der Waals surface area contributed by atoms with Crippen LogP contribution in [0.25, 0.3) is 0 Å². The first kappa shape index (κ1) is 14.9. The van der Waals surface area contributed by atoms with Crippen LogP contribution in [0.5, 0.6) is 0 Å². The molecule has 0 fully saturated rings. The van der Waals surface area contributed by atoms with Gasteiger partial charge in [-0.2, -0.15) is 11.8 Å². The number of thioether (sulfide) groups is 1. The van der Waals surface area contributed by atoms with Crippen molar-refractivity contribution in [2.45, 2.75) is 13.0 Å². The summed E-state index contributed by atoms with van der Waals surface area (Å²) in [6.45, 7) is 4.30. The van der Waals surface area contributed by atoms with Gasteiger partial charge in [0.15, 0.2) is 0 Å². The van der Waals surface area contributed by atoms with Gasteiger partial charge >= 0.3 is 0 Å². The van der Waals surface area contributed by atoms with Crippen molar-refractivity contribution in [3.05, 3.63) is 28.7 Å². The van der Waals surface area contributed by atoms with Gasteiger partial charge in [0.25, 0.3) is 0 Å². The molecular weight excluding hydrogens is 296 g/mol. The molecule has 0 spiro atoms. The van der Waals surface area contributed by atoms with Gasteiger partial charge in [-0.3, -0.25) is 0 Å². The molecule has 0 aliphatic carbocycles. The van der Waals surface area contributed by atoms with Gasteiger partial charge < -0.3 is 10.2 Å². The van der Waals surface area contributed by atoms with E-state index in [-0.39, 0.29) is 0 Å². The molecule has 0 aromatic heterocycles. The Morgan fingerprint density at radius 3 is 2.76 bits per heavy atom. The molecule has 2 nitrogen and oxygen atoms in total. The SMILES string of the molecule is CSCC(C)N(C)CCNc1ccccc1Br. The summed E-state index contributed by atoms with van der Waals surface area (Å²) in [6, 6.07) is 8.86. The Morgan fingerprint density at radius 2 is 2.12 bits per heavy atom. The van der Waals surface area contributed by atoms with Gasteiger partial charge in [0, 0.05) is 35.0 Å². The fraction of sp³-hybridized carbons (Fsp3) is 0.538. The van der Waals surface area contributed by atoms with Crippen molar-refractivity contribution < 1.29 is 0 Å². The van der Waals surface area contributed by atoms with Crippen LogP contribution in [0.15, 0.2) is 28.7 Å². The minimum Gasteiger partial charge on any atom is -0.383 e. The summed E-state index contributed by atoms with van der Waals surface area (Å²) in [5.74, 6) is 1.19. The Bertz CT molecular complexity index is 333. The number of hydrogen-bond donors (Lipinski definition) is 1. The highest BCUT2D eigenvalue weighted by molar-refractivity contribution is 9.10. The molecule has 0 bridgehead atoms. The molecule has 1 N–H and O–H groups in total. The normalized spacial score (nSPS) is 12.8. The second-order valence-electron chi connectivity index (χ2n) is 4.19. The summed E-state index contributed by atoms with van der Waals surface area (Å²) in [5, 5.41) is 3.45. The van der Waals surface area contributed by atoms with E-state index in [9.17, 15) is 0 Å². The first-order valence-corrected chi connectivity index (χ1v) is 8.01. The minimum absolute atomic E-state index is 0.631. The van der Waals surface area contributed by atoms with Crippen molar-refractivity contribution in [2.24, 2.45) is 0 Å². The van der Waals surface area contributed by atoms with E-state index < -0.39 is 0 Å². The van der Waals surface area contributed by atoms with Gasteiger partial charge in [-0.15, -0.1) is 0 Å². The molecule has 0 aliphatic rings. The maximum absolute atomic E-state index is 3.54. The zero-order valence-electron chi connectivity index (χ0n) is 10.7. The number of benzene rings is 1. The molecule has 4 heteroatoms. The quantitative estimate of drug-likeness (QED) is 0.828. The van der Waals surface area contributed by atoms with Crippen LogP contribution in [0.2, 0.25) is 0 Å². The largest absolute Gasteiger partial charge is 0.383 e. The third-order valence-electron chi connectivity index (χ3n) is 2.81. The molecule has 0 saturated heterocycles. The summed E-state index contributed by atoms with van der Waals surface area (Å²) in [7, 11) is 2.18. The summed E-state index contributed by atoms with van der Waals surface area (Å²) in [4.78, 5) is 2.39. The maximum Gasteiger partial charge on any atom is 0.0485 e. The fourth-order valence-electron chi connectivity index (χ4n) is 1.56. The average molecular weight is 317 g/mol. The molecule has 1 aromatic rings. The molecule has 17 heavy (non-hydrogen) atoms. The highest BCUT2D eigenvalue weighted by atomic mass is 79.9. The van der Waals surface area contributed by atoms with E-state index in [2.05, 4.69) is 58.5 Å². The smallest absolute Gasteiger partial charge is 0.0485 e. The number of para-hydroxylation sites is 1. The van der Waals surface area contributed by atoms with Gasteiger partial charge in [-0.1, -0.05) is 12.1 Å². The second kappa shape index (κ2) is 8.01. The summed E-state index contributed by atoms with van der Waals surface area (Å²) >= 11 is 5.44. The molecule has 0 radical (unpaired) electrons. The standard InChI is InChI=1S/C13H21BrN2S/c1-11(10-17-3)16(2)9-8-15-13-7-5-4-6-12(13)14/h4-7,11,15H,8-10H2,1-3H3. The van der Waals surface area contributed by atoms with Crippen molar-refractivity contribution in [1.82, 2.24) is 4.90 Å². The van der Waals surface area contributed by atoms with Crippen molar-refractivity contribution in [2.75, 3.05) is 37.5 Å². The first-order valence-electron chi connectivity index (χ1n) is 5.82. The Labute approximate surface area is 117 Å².